The quantitative estimate of drug-likeness (QED) is 0.642. The second-order valence-corrected chi connectivity index (χ2v) is 5.45. The van der Waals surface area contributed by atoms with Gasteiger partial charge in [0.2, 0.25) is 0 Å². The third kappa shape index (κ3) is 6.11. The molecule has 0 aliphatic carbocycles. The zero-order chi connectivity index (χ0) is 20.5. The van der Waals surface area contributed by atoms with Crippen LogP contribution >= 0.6 is 0 Å². The van der Waals surface area contributed by atoms with Gasteiger partial charge in [0.1, 0.15) is 5.75 Å². The summed E-state index contributed by atoms with van der Waals surface area (Å²) in [7, 11) is 0. The maximum absolute atomic E-state index is 12.7. The normalized spacial score (nSPS) is 10.4. The Morgan fingerprint density at radius 1 is 1.14 bits per heavy atom. The number of ether oxygens (including phenoxy) is 3. The highest BCUT2D eigenvalue weighted by Crippen LogP contribution is 2.32. The maximum Gasteiger partial charge on any atom is 0.387 e. The summed E-state index contributed by atoms with van der Waals surface area (Å²) in [4.78, 5) is 22.9. The van der Waals surface area contributed by atoms with E-state index in [0.717, 1.165) is 0 Å². The molecule has 0 bridgehead atoms. The third-order valence-electron chi connectivity index (χ3n) is 3.47. The van der Waals surface area contributed by atoms with Gasteiger partial charge >= 0.3 is 12.6 Å². The number of hydrogen-bond donors (Lipinski definition) is 2. The summed E-state index contributed by atoms with van der Waals surface area (Å²) in [5, 5.41) is 11.2. The lowest BCUT2D eigenvalue weighted by Gasteiger charge is -2.16. The summed E-state index contributed by atoms with van der Waals surface area (Å²) in [6.45, 7) is -1.69. The molecule has 0 radical (unpaired) electrons. The van der Waals surface area contributed by atoms with Crippen LogP contribution in [0.5, 0.6) is 17.2 Å². The Kier molecular flexibility index (Phi) is 7.55. The Bertz CT molecular complexity index is 828. The number of nitrogens with one attached hydrogen (secondary N) is 1. The van der Waals surface area contributed by atoms with Crippen molar-refractivity contribution in [2.45, 2.75) is 20.1 Å². The molecule has 7 nitrogen and oxygen atoms in total. The van der Waals surface area contributed by atoms with Gasteiger partial charge in [-0.25, -0.2) is 4.79 Å². The van der Waals surface area contributed by atoms with Crippen LogP contribution in [0.25, 0.3) is 0 Å². The number of carbonyl (C=O) groups excluding carboxylic acids is 1. The molecule has 150 valence electrons. The van der Waals surface area contributed by atoms with E-state index in [1.807, 2.05) is 0 Å². The lowest BCUT2D eigenvalue weighted by atomic mass is 10.1. The first-order valence-electron chi connectivity index (χ1n) is 8.33. The van der Waals surface area contributed by atoms with E-state index in [0.29, 0.717) is 5.56 Å². The van der Waals surface area contributed by atoms with Crippen molar-refractivity contribution in [3.05, 3.63) is 53.6 Å². The molecule has 28 heavy (non-hydrogen) atoms. The van der Waals surface area contributed by atoms with Crippen molar-refractivity contribution in [1.82, 2.24) is 5.32 Å². The second-order valence-electron chi connectivity index (χ2n) is 5.45. The molecule has 0 fully saturated rings. The largest absolute Gasteiger partial charge is 0.490 e. The average molecular weight is 395 g/mol. The number of para-hydroxylation sites is 1. The average Bonchev–Trinajstić information content (AvgIpc) is 2.66. The summed E-state index contributed by atoms with van der Waals surface area (Å²) in [6.07, 6.45) is 0. The van der Waals surface area contributed by atoms with E-state index in [1.165, 1.54) is 36.4 Å². The number of carbonyl (C=O) groups is 2. The van der Waals surface area contributed by atoms with Crippen LogP contribution < -0.4 is 19.5 Å². The van der Waals surface area contributed by atoms with Crippen LogP contribution in [0, 0.1) is 0 Å². The molecule has 0 aliphatic heterocycles. The van der Waals surface area contributed by atoms with Crippen LogP contribution in [-0.2, 0) is 11.3 Å². The van der Waals surface area contributed by atoms with E-state index in [2.05, 4.69) is 10.1 Å². The Morgan fingerprint density at radius 3 is 2.57 bits per heavy atom. The highest BCUT2D eigenvalue weighted by molar-refractivity contribution is 5.94. The smallest absolute Gasteiger partial charge is 0.387 e. The van der Waals surface area contributed by atoms with Crippen LogP contribution in [0.15, 0.2) is 42.5 Å². The molecular formula is C19H19F2NO6. The van der Waals surface area contributed by atoms with Gasteiger partial charge < -0.3 is 24.6 Å². The molecule has 2 aromatic carbocycles. The monoisotopic (exact) mass is 395 g/mol. The molecule has 0 saturated heterocycles. The van der Waals surface area contributed by atoms with Crippen LogP contribution in [0.3, 0.4) is 0 Å². The summed E-state index contributed by atoms with van der Waals surface area (Å²) in [6, 6.07) is 10.6. The number of carboxylic acids is 1. The molecule has 2 rings (SSSR count). The summed E-state index contributed by atoms with van der Waals surface area (Å²) >= 11 is 0. The Balaban J connectivity index is 2.11. The van der Waals surface area contributed by atoms with Crippen molar-refractivity contribution < 1.29 is 37.7 Å². The highest BCUT2D eigenvalue weighted by Gasteiger charge is 2.17. The van der Waals surface area contributed by atoms with Gasteiger partial charge in [0.15, 0.2) is 18.1 Å². The van der Waals surface area contributed by atoms with Gasteiger partial charge in [-0.15, -0.1) is 0 Å². The van der Waals surface area contributed by atoms with Crippen LogP contribution in [0.1, 0.15) is 22.8 Å². The standard InChI is InChI=1S/C19H19F2NO6/c1-2-26-15-8-4-6-13(17(15)28-19(20)21)10-22-18(25)12-5-3-7-14(9-12)27-11-16(23)24/h3-9,19H,2,10-11H2,1H3,(H,22,25)(H,23,24). The second kappa shape index (κ2) is 10.1. The zero-order valence-corrected chi connectivity index (χ0v) is 15.0. The molecule has 0 aromatic heterocycles. The Hall–Kier alpha value is -3.36. The molecular weight excluding hydrogens is 376 g/mol. The number of amides is 1. The van der Waals surface area contributed by atoms with E-state index in [-0.39, 0.29) is 36.0 Å². The van der Waals surface area contributed by atoms with E-state index < -0.39 is 25.1 Å². The first-order valence-corrected chi connectivity index (χ1v) is 8.33. The van der Waals surface area contributed by atoms with Gasteiger partial charge in [0.05, 0.1) is 6.61 Å². The zero-order valence-electron chi connectivity index (χ0n) is 15.0. The topological polar surface area (TPSA) is 94.1 Å². The van der Waals surface area contributed by atoms with Crippen molar-refractivity contribution in [2.24, 2.45) is 0 Å². The maximum atomic E-state index is 12.7. The van der Waals surface area contributed by atoms with E-state index >= 15 is 0 Å². The minimum absolute atomic E-state index is 0.0813. The lowest BCUT2D eigenvalue weighted by Crippen LogP contribution is -2.23. The number of rotatable bonds is 10. The molecule has 0 aliphatic rings. The highest BCUT2D eigenvalue weighted by atomic mass is 19.3. The molecule has 0 saturated carbocycles. The van der Waals surface area contributed by atoms with Crippen molar-refractivity contribution >= 4 is 11.9 Å². The molecule has 0 heterocycles. The molecule has 0 unspecified atom stereocenters. The van der Waals surface area contributed by atoms with Gasteiger partial charge in [-0.1, -0.05) is 18.2 Å². The minimum Gasteiger partial charge on any atom is -0.490 e. The molecule has 2 N–H and O–H groups in total. The summed E-state index contributed by atoms with van der Waals surface area (Å²) in [5.41, 5.74) is 0.540. The number of alkyl halides is 2. The van der Waals surface area contributed by atoms with Crippen LogP contribution in [-0.4, -0.2) is 36.8 Å². The lowest BCUT2D eigenvalue weighted by molar-refractivity contribution is -0.139. The van der Waals surface area contributed by atoms with Gasteiger partial charge in [0.25, 0.3) is 5.91 Å². The predicted octanol–water partition coefficient (Wildman–Crippen LogP) is 3.08. The number of carboxylic acid groups (broad SMARTS) is 1. The van der Waals surface area contributed by atoms with Gasteiger partial charge in [0, 0.05) is 17.7 Å². The summed E-state index contributed by atoms with van der Waals surface area (Å²) < 4.78 is 40.4. The number of hydrogen-bond acceptors (Lipinski definition) is 5. The first kappa shape index (κ1) is 20.9. The Morgan fingerprint density at radius 2 is 1.89 bits per heavy atom. The molecule has 9 heteroatoms. The fraction of sp³-hybridized carbons (Fsp3) is 0.263. The minimum atomic E-state index is -3.04. The molecule has 2 aromatic rings. The van der Waals surface area contributed by atoms with Crippen molar-refractivity contribution in [1.29, 1.82) is 0 Å². The van der Waals surface area contributed by atoms with E-state index in [4.69, 9.17) is 14.6 Å². The van der Waals surface area contributed by atoms with Crippen molar-refractivity contribution in [3.63, 3.8) is 0 Å². The fourth-order valence-electron chi connectivity index (χ4n) is 2.34. The third-order valence-corrected chi connectivity index (χ3v) is 3.47. The molecule has 1 amide bonds. The van der Waals surface area contributed by atoms with E-state index in [9.17, 15) is 18.4 Å². The van der Waals surface area contributed by atoms with Crippen LogP contribution in [0.2, 0.25) is 0 Å². The SMILES string of the molecule is CCOc1cccc(CNC(=O)c2cccc(OCC(=O)O)c2)c1OC(F)F. The number of benzene rings is 2. The predicted molar refractivity (Wildman–Crippen MR) is 95.0 cm³/mol. The van der Waals surface area contributed by atoms with Crippen molar-refractivity contribution in [2.75, 3.05) is 13.2 Å². The van der Waals surface area contributed by atoms with Gasteiger partial charge in [-0.3, -0.25) is 4.79 Å². The molecule has 0 spiro atoms. The molecule has 0 atom stereocenters. The number of aliphatic carboxylic acids is 1. The first-order chi connectivity index (χ1) is 13.4. The Labute approximate surface area is 159 Å². The fourth-order valence-corrected chi connectivity index (χ4v) is 2.34. The van der Waals surface area contributed by atoms with Crippen LogP contribution in [0.4, 0.5) is 8.78 Å². The summed E-state index contributed by atoms with van der Waals surface area (Å²) in [5.74, 6) is -1.41. The van der Waals surface area contributed by atoms with E-state index in [1.54, 1.807) is 13.0 Å². The number of halogens is 2. The van der Waals surface area contributed by atoms with Crippen molar-refractivity contribution in [3.8, 4) is 17.2 Å². The van der Waals surface area contributed by atoms with Gasteiger partial charge in [-0.05, 0) is 31.2 Å². The van der Waals surface area contributed by atoms with Gasteiger partial charge in [-0.2, -0.15) is 8.78 Å².